The second-order valence-corrected chi connectivity index (χ2v) is 7.27. The first kappa shape index (κ1) is 16.1. The van der Waals surface area contributed by atoms with Crippen LogP contribution in [0.15, 0.2) is 24.3 Å². The van der Waals surface area contributed by atoms with Crippen molar-refractivity contribution < 1.29 is 13.2 Å². The zero-order valence-corrected chi connectivity index (χ0v) is 13.6. The van der Waals surface area contributed by atoms with Gasteiger partial charge in [0.05, 0.1) is 6.10 Å². The summed E-state index contributed by atoms with van der Waals surface area (Å²) in [6.45, 7) is 1.88. The van der Waals surface area contributed by atoms with Gasteiger partial charge in [-0.25, -0.2) is 0 Å². The van der Waals surface area contributed by atoms with E-state index in [2.05, 4.69) is 9.62 Å². The SMILES string of the molecule is COC1CCCN(c2ccc(NS(=O)(=O)N(C)C)cc2)C1. The van der Waals surface area contributed by atoms with Crippen molar-refractivity contribution in [3.05, 3.63) is 24.3 Å². The Balaban J connectivity index is 2.05. The zero-order chi connectivity index (χ0) is 15.5. The quantitative estimate of drug-likeness (QED) is 0.895. The maximum atomic E-state index is 11.8. The third-order valence-corrected chi connectivity index (χ3v) is 5.13. The molecular formula is C14H23N3O3S. The van der Waals surface area contributed by atoms with Crippen LogP contribution in [0.4, 0.5) is 11.4 Å². The standard InChI is InChI=1S/C14H23N3O3S/c1-16(2)21(18,19)15-12-6-8-13(9-7-12)17-10-4-5-14(11-17)20-3/h6-9,14-15H,4-5,10-11H2,1-3H3. The molecule has 21 heavy (non-hydrogen) atoms. The molecule has 0 radical (unpaired) electrons. The molecule has 1 aliphatic rings. The number of hydrogen-bond donors (Lipinski definition) is 1. The monoisotopic (exact) mass is 313 g/mol. The van der Waals surface area contributed by atoms with Crippen molar-refractivity contribution in [3.8, 4) is 0 Å². The van der Waals surface area contributed by atoms with Gasteiger partial charge in [-0.1, -0.05) is 0 Å². The molecule has 1 aromatic rings. The van der Waals surface area contributed by atoms with Gasteiger partial charge in [-0.05, 0) is 37.1 Å². The number of ether oxygens (including phenoxy) is 1. The summed E-state index contributed by atoms with van der Waals surface area (Å²) in [6, 6.07) is 7.44. The Labute approximate surface area is 126 Å². The molecule has 6 nitrogen and oxygen atoms in total. The first-order valence-electron chi connectivity index (χ1n) is 7.00. The third kappa shape index (κ3) is 4.09. The molecule has 1 saturated heterocycles. The van der Waals surface area contributed by atoms with Crippen molar-refractivity contribution in [2.75, 3.05) is 43.9 Å². The van der Waals surface area contributed by atoms with Crippen LogP contribution < -0.4 is 9.62 Å². The summed E-state index contributed by atoms with van der Waals surface area (Å²) in [7, 11) is 1.28. The highest BCUT2D eigenvalue weighted by Crippen LogP contribution is 2.23. The molecule has 1 heterocycles. The van der Waals surface area contributed by atoms with Gasteiger partial charge in [0.15, 0.2) is 0 Å². The van der Waals surface area contributed by atoms with Crippen LogP contribution in [-0.2, 0) is 14.9 Å². The zero-order valence-electron chi connectivity index (χ0n) is 12.7. The lowest BCUT2D eigenvalue weighted by molar-refractivity contribution is 0.0893. The number of anilines is 2. The summed E-state index contributed by atoms with van der Waals surface area (Å²) in [5.74, 6) is 0. The van der Waals surface area contributed by atoms with Crippen LogP contribution in [-0.4, -0.2) is 53.1 Å². The summed E-state index contributed by atoms with van der Waals surface area (Å²) in [5, 5.41) is 0. The third-order valence-electron chi connectivity index (χ3n) is 3.67. The van der Waals surface area contributed by atoms with Crippen LogP contribution in [0.5, 0.6) is 0 Å². The van der Waals surface area contributed by atoms with E-state index < -0.39 is 10.2 Å². The summed E-state index contributed by atoms with van der Waals surface area (Å²) >= 11 is 0. The number of nitrogens with zero attached hydrogens (tertiary/aromatic N) is 2. The summed E-state index contributed by atoms with van der Waals surface area (Å²) in [6.07, 6.45) is 2.46. The summed E-state index contributed by atoms with van der Waals surface area (Å²) in [5.41, 5.74) is 1.65. The van der Waals surface area contributed by atoms with Crippen LogP contribution in [0.2, 0.25) is 0 Å². The van der Waals surface area contributed by atoms with E-state index in [9.17, 15) is 8.42 Å². The summed E-state index contributed by atoms with van der Waals surface area (Å²) in [4.78, 5) is 2.27. The fraction of sp³-hybridized carbons (Fsp3) is 0.571. The van der Waals surface area contributed by atoms with Crippen LogP contribution in [0, 0.1) is 0 Å². The molecule has 1 atom stereocenters. The van der Waals surface area contributed by atoms with Crippen LogP contribution in [0.3, 0.4) is 0 Å². The smallest absolute Gasteiger partial charge is 0.301 e. The molecule has 1 fully saturated rings. The predicted octanol–water partition coefficient (Wildman–Crippen LogP) is 1.52. The van der Waals surface area contributed by atoms with E-state index in [4.69, 9.17) is 4.74 Å². The predicted molar refractivity (Wildman–Crippen MR) is 84.9 cm³/mol. The Morgan fingerprint density at radius 2 is 1.95 bits per heavy atom. The lowest BCUT2D eigenvalue weighted by Gasteiger charge is -2.33. The number of methoxy groups -OCH3 is 1. The largest absolute Gasteiger partial charge is 0.380 e. The lowest BCUT2D eigenvalue weighted by atomic mass is 10.1. The van der Waals surface area contributed by atoms with E-state index in [1.165, 1.54) is 14.1 Å². The topological polar surface area (TPSA) is 61.9 Å². The van der Waals surface area contributed by atoms with E-state index >= 15 is 0 Å². The van der Waals surface area contributed by atoms with Gasteiger partial charge in [-0.3, -0.25) is 4.72 Å². The number of rotatable bonds is 5. The molecule has 7 heteroatoms. The van der Waals surface area contributed by atoms with Crippen molar-refractivity contribution in [1.29, 1.82) is 0 Å². The van der Waals surface area contributed by atoms with Crippen molar-refractivity contribution in [2.45, 2.75) is 18.9 Å². The minimum absolute atomic E-state index is 0.269. The minimum atomic E-state index is -3.45. The number of nitrogens with one attached hydrogen (secondary N) is 1. The second-order valence-electron chi connectivity index (χ2n) is 5.38. The van der Waals surface area contributed by atoms with Gasteiger partial charge in [0.1, 0.15) is 0 Å². The van der Waals surface area contributed by atoms with Gasteiger partial charge in [-0.15, -0.1) is 0 Å². The molecule has 0 spiro atoms. The number of benzene rings is 1. The maximum Gasteiger partial charge on any atom is 0.301 e. The molecule has 2 rings (SSSR count). The molecule has 1 unspecified atom stereocenters. The van der Waals surface area contributed by atoms with Crippen molar-refractivity contribution in [1.82, 2.24) is 4.31 Å². The van der Waals surface area contributed by atoms with Gasteiger partial charge in [0.25, 0.3) is 0 Å². The molecular weight excluding hydrogens is 290 g/mol. The Morgan fingerprint density at radius 3 is 2.52 bits per heavy atom. The first-order valence-corrected chi connectivity index (χ1v) is 8.44. The van der Waals surface area contributed by atoms with Crippen LogP contribution in [0.1, 0.15) is 12.8 Å². The molecule has 0 aliphatic carbocycles. The van der Waals surface area contributed by atoms with E-state index in [0.29, 0.717) is 5.69 Å². The molecule has 0 saturated carbocycles. The molecule has 118 valence electrons. The molecule has 1 aromatic carbocycles. The van der Waals surface area contributed by atoms with E-state index in [1.54, 1.807) is 19.2 Å². The fourth-order valence-electron chi connectivity index (χ4n) is 2.35. The minimum Gasteiger partial charge on any atom is -0.380 e. The van der Waals surface area contributed by atoms with Crippen LogP contribution in [0.25, 0.3) is 0 Å². The normalized spacial score (nSPS) is 19.8. The Hall–Kier alpha value is -1.31. The average molecular weight is 313 g/mol. The van der Waals surface area contributed by atoms with E-state index in [1.807, 2.05) is 12.1 Å². The summed E-state index contributed by atoms with van der Waals surface area (Å²) < 4.78 is 32.6. The van der Waals surface area contributed by atoms with Gasteiger partial charge in [0, 0.05) is 45.7 Å². The highest BCUT2D eigenvalue weighted by atomic mass is 32.2. The molecule has 0 bridgehead atoms. The second kappa shape index (κ2) is 6.64. The van der Waals surface area contributed by atoms with Crippen LogP contribution >= 0.6 is 0 Å². The highest BCUT2D eigenvalue weighted by Gasteiger charge is 2.20. The van der Waals surface area contributed by atoms with Gasteiger partial charge < -0.3 is 9.64 Å². The molecule has 0 aromatic heterocycles. The molecule has 0 amide bonds. The van der Waals surface area contributed by atoms with Crippen molar-refractivity contribution in [3.63, 3.8) is 0 Å². The first-order chi connectivity index (χ1) is 9.92. The number of piperidine rings is 1. The fourth-order valence-corrected chi connectivity index (χ4v) is 2.96. The molecule has 1 aliphatic heterocycles. The Morgan fingerprint density at radius 1 is 1.29 bits per heavy atom. The molecule has 1 N–H and O–H groups in total. The van der Waals surface area contributed by atoms with Crippen molar-refractivity contribution in [2.24, 2.45) is 0 Å². The Kier molecular flexibility index (Phi) is 5.08. The van der Waals surface area contributed by atoms with Gasteiger partial charge in [0.2, 0.25) is 0 Å². The lowest BCUT2D eigenvalue weighted by Crippen LogP contribution is -2.39. The van der Waals surface area contributed by atoms with E-state index in [0.717, 1.165) is 35.9 Å². The van der Waals surface area contributed by atoms with Gasteiger partial charge in [-0.2, -0.15) is 12.7 Å². The highest BCUT2D eigenvalue weighted by molar-refractivity contribution is 7.90. The average Bonchev–Trinajstić information content (AvgIpc) is 2.47. The maximum absolute atomic E-state index is 11.8. The Bertz CT molecular complexity index is 557. The van der Waals surface area contributed by atoms with Gasteiger partial charge >= 0.3 is 10.2 Å². The number of hydrogen-bond acceptors (Lipinski definition) is 4. The van der Waals surface area contributed by atoms with Crippen molar-refractivity contribution >= 4 is 21.6 Å². The van der Waals surface area contributed by atoms with E-state index in [-0.39, 0.29) is 6.10 Å².